The van der Waals surface area contributed by atoms with E-state index in [4.69, 9.17) is 9.26 Å². The number of nitrogens with one attached hydrogen (secondary N) is 2. The minimum absolute atomic E-state index is 0.160. The summed E-state index contributed by atoms with van der Waals surface area (Å²) in [6, 6.07) is 3.91. The van der Waals surface area contributed by atoms with Crippen molar-refractivity contribution in [2.45, 2.75) is 57.5 Å². The van der Waals surface area contributed by atoms with Gasteiger partial charge in [0.1, 0.15) is 22.7 Å². The van der Waals surface area contributed by atoms with Gasteiger partial charge in [-0.3, -0.25) is 9.69 Å². The van der Waals surface area contributed by atoms with Crippen molar-refractivity contribution in [2.24, 2.45) is 0 Å². The molecular formula is C27H33F3N6O3. The molecule has 0 radical (unpaired) electrons. The van der Waals surface area contributed by atoms with E-state index in [2.05, 4.69) is 36.8 Å². The molecule has 0 aliphatic carbocycles. The molecule has 2 fully saturated rings. The van der Waals surface area contributed by atoms with Gasteiger partial charge in [0.2, 0.25) is 5.91 Å². The van der Waals surface area contributed by atoms with Crippen LogP contribution in [-0.2, 0) is 22.1 Å². The molecule has 1 aromatic carbocycles. The monoisotopic (exact) mass is 546 g/mol. The average molecular weight is 547 g/mol. The molecule has 0 spiro atoms. The zero-order chi connectivity index (χ0) is 27.7. The van der Waals surface area contributed by atoms with E-state index in [1.807, 2.05) is 13.8 Å². The quantitative estimate of drug-likeness (QED) is 0.415. The molecule has 2 aliphatic rings. The van der Waals surface area contributed by atoms with Gasteiger partial charge in [-0.1, -0.05) is 17.3 Å². The van der Waals surface area contributed by atoms with E-state index in [-0.39, 0.29) is 41.3 Å². The Kier molecular flexibility index (Phi) is 7.68. The van der Waals surface area contributed by atoms with Crippen molar-refractivity contribution in [3.63, 3.8) is 0 Å². The van der Waals surface area contributed by atoms with Gasteiger partial charge in [-0.25, -0.2) is 4.98 Å². The normalized spacial score (nSPS) is 21.1. The molecule has 2 aromatic heterocycles. The molecule has 3 aromatic rings. The zero-order valence-corrected chi connectivity index (χ0v) is 22.1. The highest BCUT2D eigenvalue weighted by atomic mass is 19.4. The summed E-state index contributed by atoms with van der Waals surface area (Å²) in [5.41, 5.74) is 1.20. The third-order valence-corrected chi connectivity index (χ3v) is 7.56. The number of para-hydroxylation sites is 1. The van der Waals surface area contributed by atoms with Gasteiger partial charge in [-0.2, -0.15) is 13.2 Å². The number of hydrogen-bond acceptors (Lipinski definition) is 7. The van der Waals surface area contributed by atoms with Gasteiger partial charge < -0.3 is 24.5 Å². The predicted octanol–water partition coefficient (Wildman–Crippen LogP) is 3.77. The number of carbonyl (C=O) groups excluding carboxylic acids is 1. The highest BCUT2D eigenvalue weighted by Gasteiger charge is 2.39. The van der Waals surface area contributed by atoms with E-state index >= 15 is 0 Å². The minimum Gasteiger partial charge on any atom is -0.371 e. The molecule has 2 aliphatic heterocycles. The lowest BCUT2D eigenvalue weighted by Gasteiger charge is -2.37. The highest BCUT2D eigenvalue weighted by Crippen LogP contribution is 2.34. The number of benzene rings is 1. The van der Waals surface area contributed by atoms with Crippen LogP contribution < -0.4 is 10.2 Å². The van der Waals surface area contributed by atoms with Gasteiger partial charge in [0, 0.05) is 32.2 Å². The van der Waals surface area contributed by atoms with Gasteiger partial charge in [0.15, 0.2) is 5.76 Å². The third kappa shape index (κ3) is 5.81. The number of fused-ring (bicyclic) bond motifs is 1. The van der Waals surface area contributed by atoms with Crippen molar-refractivity contribution in [3.8, 4) is 0 Å². The van der Waals surface area contributed by atoms with Crippen LogP contribution in [0.25, 0.3) is 11.0 Å². The maximum atomic E-state index is 13.4. The fraction of sp³-hybridized carbons (Fsp3) is 0.519. The Morgan fingerprint density at radius 3 is 2.72 bits per heavy atom. The molecule has 5 rings (SSSR count). The SMILES string of the molecule is C=CCO[C@H]1CN(C2CCN(c3c(C)noc3C)CC2)CC1NC(=O)Cc1nc2c(C(F)(F)F)cccc2[nH]1. The topological polar surface area (TPSA) is 99.5 Å². The van der Waals surface area contributed by atoms with Crippen LogP contribution in [0.3, 0.4) is 0 Å². The van der Waals surface area contributed by atoms with Crippen LogP contribution in [-0.4, -0.2) is 76.9 Å². The number of rotatable bonds is 8. The van der Waals surface area contributed by atoms with Crippen LogP contribution in [0.5, 0.6) is 0 Å². The lowest BCUT2D eigenvalue weighted by Crippen LogP contribution is -2.46. The molecule has 9 nitrogen and oxygen atoms in total. The first-order valence-electron chi connectivity index (χ1n) is 13.1. The molecule has 2 atom stereocenters. The fourth-order valence-electron chi connectivity index (χ4n) is 5.79. The molecule has 0 saturated carbocycles. The van der Waals surface area contributed by atoms with Crippen molar-refractivity contribution in [3.05, 3.63) is 53.7 Å². The van der Waals surface area contributed by atoms with Crippen LogP contribution in [0.15, 0.2) is 35.4 Å². The summed E-state index contributed by atoms with van der Waals surface area (Å²) in [5.74, 6) is 0.686. The molecule has 4 heterocycles. The number of nitrogens with zero attached hydrogens (tertiary/aromatic N) is 4. The number of piperidine rings is 1. The van der Waals surface area contributed by atoms with Crippen molar-refractivity contribution < 1.29 is 27.2 Å². The number of aryl methyl sites for hydroxylation is 2. The number of likely N-dealkylation sites (tertiary alicyclic amines) is 1. The van der Waals surface area contributed by atoms with Gasteiger partial charge >= 0.3 is 6.18 Å². The van der Waals surface area contributed by atoms with Crippen LogP contribution in [0.1, 0.15) is 35.7 Å². The molecule has 2 saturated heterocycles. The largest absolute Gasteiger partial charge is 0.418 e. The second-order valence-electron chi connectivity index (χ2n) is 10.2. The minimum atomic E-state index is -4.53. The van der Waals surface area contributed by atoms with E-state index in [0.717, 1.165) is 49.1 Å². The Balaban J connectivity index is 1.22. The molecule has 1 unspecified atom stereocenters. The first-order valence-corrected chi connectivity index (χ1v) is 13.1. The van der Waals surface area contributed by atoms with Crippen LogP contribution >= 0.6 is 0 Å². The number of imidazole rings is 1. The Bertz CT molecular complexity index is 1310. The number of aromatic nitrogens is 3. The summed E-state index contributed by atoms with van der Waals surface area (Å²) < 4.78 is 51.4. The molecule has 210 valence electrons. The smallest absolute Gasteiger partial charge is 0.371 e. The van der Waals surface area contributed by atoms with Gasteiger partial charge in [-0.05, 0) is 38.8 Å². The Morgan fingerprint density at radius 1 is 1.28 bits per heavy atom. The summed E-state index contributed by atoms with van der Waals surface area (Å²) in [6.45, 7) is 11.0. The van der Waals surface area contributed by atoms with Crippen LogP contribution in [0.2, 0.25) is 0 Å². The lowest BCUT2D eigenvalue weighted by molar-refractivity contribution is -0.136. The van der Waals surface area contributed by atoms with Crippen molar-refractivity contribution in [2.75, 3.05) is 37.7 Å². The summed E-state index contributed by atoms with van der Waals surface area (Å²) >= 11 is 0. The number of ether oxygens (including phenoxy) is 1. The molecule has 0 bridgehead atoms. The summed E-state index contributed by atoms with van der Waals surface area (Å²) in [5, 5.41) is 7.11. The van der Waals surface area contributed by atoms with Crippen molar-refractivity contribution in [1.29, 1.82) is 0 Å². The molecule has 39 heavy (non-hydrogen) atoms. The fourth-order valence-corrected chi connectivity index (χ4v) is 5.79. The van der Waals surface area contributed by atoms with Gasteiger partial charge in [0.05, 0.1) is 36.3 Å². The third-order valence-electron chi connectivity index (χ3n) is 7.56. The van der Waals surface area contributed by atoms with Crippen molar-refractivity contribution in [1.82, 2.24) is 25.3 Å². The predicted molar refractivity (Wildman–Crippen MR) is 139 cm³/mol. The summed E-state index contributed by atoms with van der Waals surface area (Å²) in [7, 11) is 0. The van der Waals surface area contributed by atoms with E-state index < -0.39 is 11.7 Å². The number of aromatic amines is 1. The van der Waals surface area contributed by atoms with E-state index in [9.17, 15) is 18.0 Å². The number of amides is 1. The first-order chi connectivity index (χ1) is 18.6. The van der Waals surface area contributed by atoms with Crippen LogP contribution in [0, 0.1) is 13.8 Å². The van der Waals surface area contributed by atoms with Crippen LogP contribution in [0.4, 0.5) is 18.9 Å². The Morgan fingerprint density at radius 2 is 2.05 bits per heavy atom. The Labute approximate surface area is 224 Å². The average Bonchev–Trinajstić information content (AvgIpc) is 3.58. The Hall–Kier alpha value is -3.38. The summed E-state index contributed by atoms with van der Waals surface area (Å²) in [4.78, 5) is 24.6. The summed E-state index contributed by atoms with van der Waals surface area (Å²) in [6.07, 6.45) is -1.32. The number of carbonyl (C=O) groups is 1. The lowest BCUT2D eigenvalue weighted by atomic mass is 10.0. The van der Waals surface area contributed by atoms with Gasteiger partial charge in [0.25, 0.3) is 0 Å². The van der Waals surface area contributed by atoms with E-state index in [1.165, 1.54) is 12.1 Å². The zero-order valence-electron chi connectivity index (χ0n) is 22.1. The standard InChI is InChI=1S/C27H33F3N6O3/c1-4-12-38-22-15-36(18-8-10-35(11-9-18)26-16(2)34-39-17(26)3)14-21(22)32-24(37)13-23-31-20-7-5-6-19(25(20)33-23)27(28,29)30/h4-7,18,21-22H,1,8-15H2,2-3H3,(H,31,33)(H,32,37)/t21?,22-/m0/s1. The highest BCUT2D eigenvalue weighted by molar-refractivity contribution is 5.82. The molecule has 1 amide bonds. The number of alkyl halides is 3. The molecular weight excluding hydrogens is 513 g/mol. The van der Waals surface area contributed by atoms with Crippen molar-refractivity contribution >= 4 is 22.6 Å². The van der Waals surface area contributed by atoms with E-state index in [0.29, 0.717) is 25.7 Å². The number of H-pyrrole nitrogens is 1. The number of hydrogen-bond donors (Lipinski definition) is 2. The first kappa shape index (κ1) is 27.2. The van der Waals surface area contributed by atoms with E-state index in [1.54, 1.807) is 6.08 Å². The van der Waals surface area contributed by atoms with Gasteiger partial charge in [-0.15, -0.1) is 6.58 Å². The molecule has 2 N–H and O–H groups in total. The maximum Gasteiger partial charge on any atom is 0.418 e. The number of anilines is 1. The molecule has 12 heteroatoms. The number of halogens is 3. The maximum absolute atomic E-state index is 13.4. The second-order valence-corrected chi connectivity index (χ2v) is 10.2. The second kappa shape index (κ2) is 11.0.